The number of carbonyl (C=O) groups is 2. The molecule has 3 heterocycles. The van der Waals surface area contributed by atoms with Crippen molar-refractivity contribution in [3.63, 3.8) is 0 Å². The summed E-state index contributed by atoms with van der Waals surface area (Å²) in [5.41, 5.74) is 4.83. The highest BCUT2D eigenvalue weighted by Crippen LogP contribution is 2.41. The van der Waals surface area contributed by atoms with Gasteiger partial charge in [0.25, 0.3) is 0 Å². The Hall–Kier alpha value is -3.61. The van der Waals surface area contributed by atoms with Crippen LogP contribution in [0.15, 0.2) is 54.6 Å². The third-order valence-corrected chi connectivity index (χ3v) is 9.76. The van der Waals surface area contributed by atoms with Gasteiger partial charge in [-0.15, -0.1) is 0 Å². The quantitative estimate of drug-likeness (QED) is 0.297. The lowest BCUT2D eigenvalue weighted by Crippen LogP contribution is -2.47. The van der Waals surface area contributed by atoms with Gasteiger partial charge >= 0.3 is 6.03 Å². The highest BCUT2D eigenvalue weighted by atomic mass is 16.2. The molecule has 3 aliphatic rings. The zero-order valence-electron chi connectivity index (χ0n) is 26.2. The van der Waals surface area contributed by atoms with Crippen molar-refractivity contribution >= 4 is 23.4 Å². The van der Waals surface area contributed by atoms with Crippen molar-refractivity contribution in [1.82, 2.24) is 14.7 Å². The minimum Gasteiger partial charge on any atom is -0.337 e. The first kappa shape index (κ1) is 29.5. The van der Waals surface area contributed by atoms with Crippen molar-refractivity contribution in [1.29, 1.82) is 0 Å². The zero-order chi connectivity index (χ0) is 30.1. The number of hydrogen-bond donors (Lipinski definition) is 2. The number of carbonyl (C=O) groups excluding carboxylic acids is 2. The van der Waals surface area contributed by atoms with E-state index in [1.54, 1.807) is 4.68 Å². The van der Waals surface area contributed by atoms with Crippen molar-refractivity contribution < 1.29 is 9.59 Å². The first-order chi connectivity index (χ1) is 20.6. The van der Waals surface area contributed by atoms with E-state index >= 15 is 0 Å². The fourth-order valence-electron chi connectivity index (χ4n) is 7.54. The van der Waals surface area contributed by atoms with Crippen molar-refractivity contribution in [2.24, 2.45) is 11.8 Å². The third-order valence-electron chi connectivity index (χ3n) is 9.76. The average molecular weight is 582 g/mol. The molecule has 2 aromatic carbocycles. The van der Waals surface area contributed by atoms with Crippen molar-refractivity contribution in [3.05, 3.63) is 71.4 Å². The second-order valence-electron chi connectivity index (χ2n) is 14.3. The lowest BCUT2D eigenvalue weighted by atomic mass is 9.85. The molecule has 2 N–H and O–H groups in total. The lowest BCUT2D eigenvalue weighted by Gasteiger charge is -2.39. The van der Waals surface area contributed by atoms with Crippen molar-refractivity contribution in [2.45, 2.75) is 109 Å². The van der Waals surface area contributed by atoms with Gasteiger partial charge in [0.15, 0.2) is 0 Å². The maximum absolute atomic E-state index is 13.2. The second-order valence-corrected chi connectivity index (χ2v) is 14.3. The van der Waals surface area contributed by atoms with Gasteiger partial charge in [-0.2, -0.15) is 5.10 Å². The number of anilines is 2. The van der Waals surface area contributed by atoms with Gasteiger partial charge in [0.1, 0.15) is 5.82 Å². The van der Waals surface area contributed by atoms with E-state index in [9.17, 15) is 9.59 Å². The predicted molar refractivity (Wildman–Crippen MR) is 173 cm³/mol. The molecule has 3 amide bonds. The molecule has 2 atom stereocenters. The summed E-state index contributed by atoms with van der Waals surface area (Å²) in [4.78, 5) is 28.7. The number of urea groups is 1. The van der Waals surface area contributed by atoms with Gasteiger partial charge in [-0.05, 0) is 93.5 Å². The SMILES string of the molecule is Cc1ccc(-n2nc(C(C)(C)C)cc2NC(=O)Nc2cccc(CC3CC4CCC(C3)N4C(=O)CC3CCCC3)c2)cc1. The molecule has 1 saturated carbocycles. The van der Waals surface area contributed by atoms with E-state index in [-0.39, 0.29) is 11.4 Å². The molecule has 0 radical (unpaired) electrons. The van der Waals surface area contributed by atoms with Crippen LogP contribution in [-0.4, -0.2) is 38.7 Å². The molecule has 2 aliphatic heterocycles. The molecular weight excluding hydrogens is 534 g/mol. The monoisotopic (exact) mass is 581 g/mol. The van der Waals surface area contributed by atoms with Crippen LogP contribution in [0.3, 0.4) is 0 Å². The molecular formula is C36H47N5O2. The van der Waals surface area contributed by atoms with Crippen LogP contribution in [0.2, 0.25) is 0 Å². The maximum atomic E-state index is 13.2. The van der Waals surface area contributed by atoms with Gasteiger partial charge in [0, 0.05) is 35.7 Å². The van der Waals surface area contributed by atoms with Gasteiger partial charge in [-0.3, -0.25) is 10.1 Å². The third kappa shape index (κ3) is 6.81. The molecule has 7 heteroatoms. The Kier molecular flexibility index (Phi) is 8.34. The molecule has 2 saturated heterocycles. The molecule has 2 bridgehead atoms. The van der Waals surface area contributed by atoms with Crippen LogP contribution in [0.4, 0.5) is 16.3 Å². The van der Waals surface area contributed by atoms with E-state index in [2.05, 4.69) is 55.4 Å². The molecule has 1 aliphatic carbocycles. The van der Waals surface area contributed by atoms with Gasteiger partial charge in [0.05, 0.1) is 11.4 Å². The number of nitrogens with one attached hydrogen (secondary N) is 2. The minimum absolute atomic E-state index is 0.157. The van der Waals surface area contributed by atoms with Gasteiger partial charge in [-0.1, -0.05) is 63.4 Å². The average Bonchev–Trinajstić information content (AvgIpc) is 3.68. The van der Waals surface area contributed by atoms with Crippen LogP contribution in [-0.2, 0) is 16.6 Å². The Bertz CT molecular complexity index is 1430. The summed E-state index contributed by atoms with van der Waals surface area (Å²) in [7, 11) is 0. The number of benzene rings is 2. The Morgan fingerprint density at radius 1 is 0.884 bits per heavy atom. The van der Waals surface area contributed by atoms with E-state index in [0.717, 1.165) is 55.6 Å². The predicted octanol–water partition coefficient (Wildman–Crippen LogP) is 8.01. The number of rotatable bonds is 7. The number of nitrogens with zero attached hydrogens (tertiary/aromatic N) is 3. The number of hydrogen-bond acceptors (Lipinski definition) is 3. The Labute approximate surface area is 256 Å². The summed E-state index contributed by atoms with van der Waals surface area (Å²) in [6.07, 6.45) is 11.2. The number of fused-ring (bicyclic) bond motifs is 2. The van der Waals surface area contributed by atoms with Crippen LogP contribution in [0, 0.1) is 18.8 Å². The molecule has 43 heavy (non-hydrogen) atoms. The minimum atomic E-state index is -0.294. The number of amides is 3. The fraction of sp³-hybridized carbons (Fsp3) is 0.528. The normalized spacial score (nSPS) is 22.1. The molecule has 3 fully saturated rings. The van der Waals surface area contributed by atoms with Gasteiger partial charge in [-0.25, -0.2) is 9.48 Å². The van der Waals surface area contributed by atoms with Crippen LogP contribution in [0.5, 0.6) is 0 Å². The summed E-state index contributed by atoms with van der Waals surface area (Å²) < 4.78 is 1.80. The molecule has 6 rings (SSSR count). The Balaban J connectivity index is 1.08. The van der Waals surface area contributed by atoms with Crippen LogP contribution in [0.1, 0.15) is 95.4 Å². The molecule has 1 aromatic heterocycles. The van der Waals surface area contributed by atoms with Crippen molar-refractivity contribution in [3.8, 4) is 5.69 Å². The zero-order valence-corrected chi connectivity index (χ0v) is 26.2. The molecule has 0 spiro atoms. The smallest absolute Gasteiger partial charge is 0.324 e. The summed E-state index contributed by atoms with van der Waals surface area (Å²) in [5.74, 6) is 2.22. The fourth-order valence-corrected chi connectivity index (χ4v) is 7.54. The van der Waals surface area contributed by atoms with Crippen molar-refractivity contribution in [2.75, 3.05) is 10.6 Å². The second kappa shape index (κ2) is 12.2. The summed E-state index contributed by atoms with van der Waals surface area (Å²) in [5, 5.41) is 10.9. The van der Waals surface area contributed by atoms with Crippen LogP contribution in [0.25, 0.3) is 5.69 Å². The largest absolute Gasteiger partial charge is 0.337 e. The summed E-state index contributed by atoms with van der Waals surface area (Å²) in [6, 6.07) is 18.8. The number of aryl methyl sites for hydroxylation is 1. The van der Waals surface area contributed by atoms with E-state index in [4.69, 9.17) is 5.10 Å². The van der Waals surface area contributed by atoms with E-state index in [1.165, 1.54) is 36.8 Å². The number of piperidine rings is 1. The van der Waals surface area contributed by atoms with E-state index in [1.807, 2.05) is 42.5 Å². The summed E-state index contributed by atoms with van der Waals surface area (Å²) in [6.45, 7) is 8.41. The Morgan fingerprint density at radius 2 is 1.58 bits per heavy atom. The highest BCUT2D eigenvalue weighted by molar-refractivity contribution is 5.99. The van der Waals surface area contributed by atoms with Gasteiger partial charge in [0.2, 0.25) is 5.91 Å². The molecule has 3 aromatic rings. The molecule has 228 valence electrons. The standard InChI is InChI=1S/C36H47N5O2/c1-24-12-14-29(15-13-24)41-33(23-32(39-41)36(2,3)4)38-35(43)37-28-11-7-10-26(19-28)18-27-20-30-16-17-31(21-27)40(30)34(42)22-25-8-5-6-9-25/h7,10-15,19,23,25,27,30-31H,5-6,8-9,16-18,20-22H2,1-4H3,(H2,37,38,43). The summed E-state index contributed by atoms with van der Waals surface area (Å²) >= 11 is 0. The first-order valence-electron chi connectivity index (χ1n) is 16.3. The van der Waals surface area contributed by atoms with Gasteiger partial charge < -0.3 is 10.2 Å². The molecule has 2 unspecified atom stereocenters. The van der Waals surface area contributed by atoms with E-state index < -0.39 is 0 Å². The highest BCUT2D eigenvalue weighted by Gasteiger charge is 2.43. The number of aromatic nitrogens is 2. The first-order valence-corrected chi connectivity index (χ1v) is 16.3. The van der Waals surface area contributed by atoms with E-state index in [0.29, 0.717) is 35.6 Å². The molecule has 7 nitrogen and oxygen atoms in total. The topological polar surface area (TPSA) is 79.3 Å². The Morgan fingerprint density at radius 3 is 2.26 bits per heavy atom. The van der Waals surface area contributed by atoms with Crippen LogP contribution >= 0.6 is 0 Å². The lowest BCUT2D eigenvalue weighted by molar-refractivity contribution is -0.137. The maximum Gasteiger partial charge on any atom is 0.324 e. The van der Waals surface area contributed by atoms with Crippen LogP contribution < -0.4 is 10.6 Å².